The maximum atomic E-state index is 12.4. The van der Waals surface area contributed by atoms with Gasteiger partial charge < -0.3 is 14.5 Å². The maximum absolute atomic E-state index is 12.4. The zero-order chi connectivity index (χ0) is 17.2. The highest BCUT2D eigenvalue weighted by Gasteiger charge is 2.29. The van der Waals surface area contributed by atoms with E-state index in [0.717, 1.165) is 24.0 Å². The second-order valence-electron chi connectivity index (χ2n) is 6.67. The minimum Gasteiger partial charge on any atom is -0.465 e. The Labute approximate surface area is 146 Å². The molecule has 0 saturated carbocycles. The number of nitrogens with zero attached hydrogens (tertiary/aromatic N) is 3. The van der Waals surface area contributed by atoms with Crippen LogP contribution in [0.2, 0.25) is 0 Å². The Kier molecular flexibility index (Phi) is 4.26. The van der Waals surface area contributed by atoms with Gasteiger partial charge in [0.1, 0.15) is 0 Å². The summed E-state index contributed by atoms with van der Waals surface area (Å²) >= 11 is 0. The van der Waals surface area contributed by atoms with Crippen LogP contribution < -0.4 is 4.90 Å². The molecule has 0 aliphatic carbocycles. The summed E-state index contributed by atoms with van der Waals surface area (Å²) in [5.41, 5.74) is 2.16. The van der Waals surface area contributed by atoms with Gasteiger partial charge in [-0.15, -0.1) is 0 Å². The third-order valence-corrected chi connectivity index (χ3v) is 5.00. The lowest BCUT2D eigenvalue weighted by Crippen LogP contribution is -2.49. The van der Waals surface area contributed by atoms with E-state index in [1.807, 2.05) is 35.4 Å². The third-order valence-electron chi connectivity index (χ3n) is 5.00. The second-order valence-corrected chi connectivity index (χ2v) is 6.67. The summed E-state index contributed by atoms with van der Waals surface area (Å²) in [7, 11) is 0. The fraction of sp³-hybridized carbons (Fsp3) is 0.421. The number of para-hydroxylation sites is 1. The van der Waals surface area contributed by atoms with Gasteiger partial charge in [0, 0.05) is 55.8 Å². The Balaban J connectivity index is 1.39. The van der Waals surface area contributed by atoms with Crippen LogP contribution in [-0.2, 0) is 14.3 Å². The number of pyridine rings is 1. The van der Waals surface area contributed by atoms with E-state index in [2.05, 4.69) is 16.0 Å². The smallest absolute Gasteiger partial charge is 0.306 e. The molecule has 2 fully saturated rings. The second kappa shape index (κ2) is 6.70. The summed E-state index contributed by atoms with van der Waals surface area (Å²) in [6.07, 6.45) is 2.62. The van der Waals surface area contributed by atoms with Crippen molar-refractivity contribution in [3.05, 3.63) is 36.5 Å². The molecule has 2 aliphatic rings. The van der Waals surface area contributed by atoms with E-state index in [1.54, 1.807) is 0 Å². The van der Waals surface area contributed by atoms with Crippen LogP contribution >= 0.6 is 0 Å². The number of piperazine rings is 1. The van der Waals surface area contributed by atoms with Gasteiger partial charge >= 0.3 is 5.97 Å². The SMILES string of the molecule is O=C1CC(CC(=O)N2CCN(c3ccnc4ccccc34)CC2)CO1. The quantitative estimate of drug-likeness (QED) is 0.799. The monoisotopic (exact) mass is 339 g/mol. The van der Waals surface area contributed by atoms with E-state index in [4.69, 9.17) is 4.74 Å². The number of aromatic nitrogens is 1. The molecule has 2 saturated heterocycles. The number of anilines is 1. The molecule has 1 amide bonds. The molecule has 0 radical (unpaired) electrons. The van der Waals surface area contributed by atoms with E-state index in [0.29, 0.717) is 32.5 Å². The lowest BCUT2D eigenvalue weighted by molar-refractivity contribution is -0.138. The molecular formula is C19H21N3O3. The van der Waals surface area contributed by atoms with Crippen LogP contribution in [0.1, 0.15) is 12.8 Å². The highest BCUT2D eigenvalue weighted by atomic mass is 16.5. The van der Waals surface area contributed by atoms with Crippen molar-refractivity contribution in [3.63, 3.8) is 0 Å². The van der Waals surface area contributed by atoms with Crippen LogP contribution in [0.5, 0.6) is 0 Å². The number of amides is 1. The van der Waals surface area contributed by atoms with Gasteiger partial charge in [-0.2, -0.15) is 0 Å². The van der Waals surface area contributed by atoms with E-state index in [9.17, 15) is 9.59 Å². The molecule has 25 heavy (non-hydrogen) atoms. The molecule has 2 aliphatic heterocycles. The zero-order valence-corrected chi connectivity index (χ0v) is 14.1. The van der Waals surface area contributed by atoms with Crippen LogP contribution in [-0.4, -0.2) is 54.5 Å². The van der Waals surface area contributed by atoms with Crippen molar-refractivity contribution in [3.8, 4) is 0 Å². The first-order valence-corrected chi connectivity index (χ1v) is 8.73. The molecule has 0 spiro atoms. The normalized spacial score (nSPS) is 20.8. The van der Waals surface area contributed by atoms with Crippen LogP contribution in [0.3, 0.4) is 0 Å². The highest BCUT2D eigenvalue weighted by molar-refractivity contribution is 5.91. The fourth-order valence-corrected chi connectivity index (χ4v) is 3.62. The number of benzene rings is 1. The predicted molar refractivity (Wildman–Crippen MR) is 94.2 cm³/mol. The number of ether oxygens (including phenoxy) is 1. The summed E-state index contributed by atoms with van der Waals surface area (Å²) in [6, 6.07) is 10.2. The minimum atomic E-state index is -0.188. The molecule has 4 rings (SSSR count). The van der Waals surface area contributed by atoms with E-state index < -0.39 is 0 Å². The molecule has 1 unspecified atom stereocenters. The molecule has 0 N–H and O–H groups in total. The molecule has 130 valence electrons. The fourth-order valence-electron chi connectivity index (χ4n) is 3.62. The molecule has 1 aromatic heterocycles. The Morgan fingerprint density at radius 2 is 1.96 bits per heavy atom. The van der Waals surface area contributed by atoms with Crippen LogP contribution in [0.25, 0.3) is 10.9 Å². The van der Waals surface area contributed by atoms with Gasteiger partial charge in [-0.3, -0.25) is 14.6 Å². The highest BCUT2D eigenvalue weighted by Crippen LogP contribution is 2.26. The summed E-state index contributed by atoms with van der Waals surface area (Å²) in [6.45, 7) is 3.40. The molecule has 6 heteroatoms. The first kappa shape index (κ1) is 15.9. The van der Waals surface area contributed by atoms with Crippen LogP contribution in [0, 0.1) is 5.92 Å². The largest absolute Gasteiger partial charge is 0.465 e. The number of cyclic esters (lactones) is 1. The molecule has 3 heterocycles. The van der Waals surface area contributed by atoms with Gasteiger partial charge in [-0.25, -0.2) is 0 Å². The van der Waals surface area contributed by atoms with Gasteiger partial charge in [-0.1, -0.05) is 18.2 Å². The predicted octanol–water partition coefficient (Wildman–Crippen LogP) is 1.84. The van der Waals surface area contributed by atoms with Crippen molar-refractivity contribution in [2.45, 2.75) is 12.8 Å². The number of esters is 1. The van der Waals surface area contributed by atoms with E-state index >= 15 is 0 Å². The maximum Gasteiger partial charge on any atom is 0.306 e. The van der Waals surface area contributed by atoms with Crippen molar-refractivity contribution >= 4 is 28.5 Å². The molecule has 6 nitrogen and oxygen atoms in total. The molecule has 1 atom stereocenters. The van der Waals surface area contributed by atoms with Gasteiger partial charge in [-0.05, 0) is 12.1 Å². The van der Waals surface area contributed by atoms with Crippen molar-refractivity contribution in [1.29, 1.82) is 0 Å². The number of carbonyl (C=O) groups is 2. The Morgan fingerprint density at radius 3 is 2.72 bits per heavy atom. The Bertz CT molecular complexity index is 794. The van der Waals surface area contributed by atoms with E-state index in [-0.39, 0.29) is 17.8 Å². The molecular weight excluding hydrogens is 318 g/mol. The summed E-state index contributed by atoms with van der Waals surface area (Å²) in [4.78, 5) is 32.2. The topological polar surface area (TPSA) is 62.7 Å². The number of rotatable bonds is 3. The molecule has 2 aromatic rings. The van der Waals surface area contributed by atoms with Gasteiger partial charge in [0.25, 0.3) is 0 Å². The van der Waals surface area contributed by atoms with E-state index in [1.165, 1.54) is 5.69 Å². The van der Waals surface area contributed by atoms with Crippen LogP contribution in [0.15, 0.2) is 36.5 Å². The zero-order valence-electron chi connectivity index (χ0n) is 14.1. The van der Waals surface area contributed by atoms with Crippen molar-refractivity contribution in [2.75, 3.05) is 37.7 Å². The van der Waals surface area contributed by atoms with Crippen molar-refractivity contribution in [1.82, 2.24) is 9.88 Å². The number of hydrogen-bond donors (Lipinski definition) is 0. The molecule has 0 bridgehead atoms. The average Bonchev–Trinajstić information content (AvgIpc) is 3.06. The number of fused-ring (bicyclic) bond motifs is 1. The number of hydrogen-bond acceptors (Lipinski definition) is 5. The van der Waals surface area contributed by atoms with Gasteiger partial charge in [0.05, 0.1) is 18.5 Å². The van der Waals surface area contributed by atoms with Crippen LogP contribution in [0.4, 0.5) is 5.69 Å². The third kappa shape index (κ3) is 3.29. The lowest BCUT2D eigenvalue weighted by Gasteiger charge is -2.36. The summed E-state index contributed by atoms with van der Waals surface area (Å²) in [5, 5.41) is 1.14. The summed E-state index contributed by atoms with van der Waals surface area (Å²) in [5.74, 6) is -0.0168. The summed E-state index contributed by atoms with van der Waals surface area (Å²) < 4.78 is 4.95. The first-order valence-electron chi connectivity index (χ1n) is 8.73. The van der Waals surface area contributed by atoms with Gasteiger partial charge in [0.2, 0.25) is 5.91 Å². The Morgan fingerprint density at radius 1 is 1.16 bits per heavy atom. The van der Waals surface area contributed by atoms with Crippen molar-refractivity contribution in [2.24, 2.45) is 5.92 Å². The van der Waals surface area contributed by atoms with Gasteiger partial charge in [0.15, 0.2) is 0 Å². The standard InChI is InChI=1S/C19H21N3O3/c23-18(11-14-12-19(24)25-13-14)22-9-7-21(8-10-22)17-5-6-20-16-4-2-1-3-15(16)17/h1-6,14H,7-13H2. The van der Waals surface area contributed by atoms with Crippen molar-refractivity contribution < 1.29 is 14.3 Å². The Hall–Kier alpha value is -2.63. The first-order chi connectivity index (χ1) is 12.2. The number of carbonyl (C=O) groups excluding carboxylic acids is 2. The molecule has 1 aromatic carbocycles. The average molecular weight is 339 g/mol. The minimum absolute atomic E-state index is 0.0437. The lowest BCUT2D eigenvalue weighted by atomic mass is 10.0.